The number of alkyl halides is 3. The lowest BCUT2D eigenvalue weighted by atomic mass is 9.54. The first-order valence-electron chi connectivity index (χ1n) is 12.9. The van der Waals surface area contributed by atoms with Gasteiger partial charge in [-0.15, -0.1) is 13.2 Å². The van der Waals surface area contributed by atoms with Crippen molar-refractivity contribution < 1.29 is 41.7 Å². The Morgan fingerprint density at radius 3 is 1.84 bits per heavy atom. The van der Waals surface area contributed by atoms with Gasteiger partial charge in [-0.1, -0.05) is 12.1 Å². The van der Waals surface area contributed by atoms with Crippen LogP contribution in [0.5, 0.6) is 5.75 Å². The second-order valence-corrected chi connectivity index (χ2v) is 10.9. The maximum Gasteiger partial charge on any atom is 0.573 e. The third-order valence-electron chi connectivity index (χ3n) is 8.26. The van der Waals surface area contributed by atoms with Crippen LogP contribution in [0.3, 0.4) is 0 Å². The summed E-state index contributed by atoms with van der Waals surface area (Å²) in [6.45, 7) is 0.837. The van der Waals surface area contributed by atoms with Crippen molar-refractivity contribution in [1.82, 2.24) is 4.90 Å². The van der Waals surface area contributed by atoms with Crippen LogP contribution < -0.4 is 4.74 Å². The molecular weight excluding hydrogens is 503 g/mol. The summed E-state index contributed by atoms with van der Waals surface area (Å²) < 4.78 is 58.2. The maximum absolute atomic E-state index is 12.8. The molecule has 0 aromatic heterocycles. The first-order valence-corrected chi connectivity index (χ1v) is 12.9. The van der Waals surface area contributed by atoms with Crippen LogP contribution in [0.4, 0.5) is 13.2 Å². The van der Waals surface area contributed by atoms with Crippen molar-refractivity contribution in [2.45, 2.75) is 56.4 Å². The van der Waals surface area contributed by atoms with Crippen molar-refractivity contribution in [1.29, 1.82) is 0 Å². The molecule has 1 aromatic rings. The van der Waals surface area contributed by atoms with Crippen molar-refractivity contribution in [3.8, 4) is 5.75 Å². The molecule has 0 spiro atoms. The molecule has 1 heterocycles. The number of nitrogens with zero attached hydrogens (tertiary/aromatic N) is 1. The first kappa shape index (κ1) is 26.6. The molecule has 10 heteroatoms. The normalized spacial score (nSPS) is 28.6. The van der Waals surface area contributed by atoms with Gasteiger partial charge in [-0.05, 0) is 74.0 Å². The molecule has 4 fully saturated rings. The van der Waals surface area contributed by atoms with Crippen LogP contribution in [0, 0.1) is 17.8 Å². The van der Waals surface area contributed by atoms with Gasteiger partial charge in [-0.25, -0.2) is 9.59 Å². The van der Waals surface area contributed by atoms with Crippen LogP contribution in [-0.2, 0) is 23.8 Å². The molecule has 1 aromatic carbocycles. The molecule has 0 N–H and O–H groups in total. The number of carbonyl (C=O) groups is 2. The Kier molecular flexibility index (Phi) is 7.19. The van der Waals surface area contributed by atoms with Gasteiger partial charge >= 0.3 is 18.3 Å². The van der Waals surface area contributed by atoms with Gasteiger partial charge in [0.15, 0.2) is 0 Å². The smallest absolute Gasteiger partial charge is 0.466 e. The highest BCUT2D eigenvalue weighted by molar-refractivity contribution is 5.98. The van der Waals surface area contributed by atoms with E-state index >= 15 is 0 Å². The second-order valence-electron chi connectivity index (χ2n) is 10.9. The average molecular weight is 536 g/mol. The van der Waals surface area contributed by atoms with Gasteiger partial charge in [0.1, 0.15) is 5.75 Å². The van der Waals surface area contributed by atoms with Crippen molar-refractivity contribution >= 4 is 11.9 Å². The molecule has 1 aliphatic heterocycles. The number of esters is 2. The third-order valence-corrected chi connectivity index (χ3v) is 8.26. The number of methoxy groups -OCH3 is 2. The van der Waals surface area contributed by atoms with Crippen LogP contribution in [0.25, 0.3) is 0 Å². The molecule has 4 saturated carbocycles. The number of benzene rings is 1. The van der Waals surface area contributed by atoms with Crippen molar-refractivity contribution in [3.63, 3.8) is 0 Å². The van der Waals surface area contributed by atoms with E-state index < -0.39 is 30.0 Å². The highest BCUT2D eigenvalue weighted by atomic mass is 19.4. The highest BCUT2D eigenvalue weighted by Gasteiger charge is 2.51. The molecule has 7 nitrogen and oxygen atoms in total. The van der Waals surface area contributed by atoms with Crippen LogP contribution in [0.1, 0.15) is 50.0 Å². The van der Waals surface area contributed by atoms with E-state index in [0.717, 1.165) is 49.1 Å². The van der Waals surface area contributed by atoms with Crippen LogP contribution >= 0.6 is 0 Å². The minimum Gasteiger partial charge on any atom is -0.466 e. The average Bonchev–Trinajstić information content (AvgIpc) is 2.86. The summed E-state index contributed by atoms with van der Waals surface area (Å²) in [5.41, 5.74) is 0.665. The Morgan fingerprint density at radius 1 is 0.895 bits per heavy atom. The number of carbonyl (C=O) groups excluding carboxylic acids is 2. The highest BCUT2D eigenvalue weighted by Crippen LogP contribution is 2.57. The fourth-order valence-corrected chi connectivity index (χ4v) is 7.21. The minimum atomic E-state index is -4.83. The molecule has 0 unspecified atom stereocenters. The topological polar surface area (TPSA) is 74.3 Å². The fourth-order valence-electron chi connectivity index (χ4n) is 7.21. The summed E-state index contributed by atoms with van der Waals surface area (Å²) in [5.74, 6) is -0.369. The van der Waals surface area contributed by atoms with Gasteiger partial charge in [0.25, 0.3) is 0 Å². The Morgan fingerprint density at radius 2 is 1.39 bits per heavy atom. The van der Waals surface area contributed by atoms with E-state index in [1.807, 2.05) is 0 Å². The number of hydrogen-bond acceptors (Lipinski definition) is 7. The lowest BCUT2D eigenvalue weighted by Crippen LogP contribution is -2.52. The van der Waals surface area contributed by atoms with E-state index in [9.17, 15) is 22.8 Å². The molecule has 38 heavy (non-hydrogen) atoms. The Bertz CT molecular complexity index is 1060. The third kappa shape index (κ3) is 5.55. The van der Waals surface area contributed by atoms with Gasteiger partial charge in [-0.3, -0.25) is 0 Å². The molecule has 0 saturated heterocycles. The Balaban J connectivity index is 1.35. The van der Waals surface area contributed by atoms with E-state index in [2.05, 4.69) is 4.74 Å². The van der Waals surface area contributed by atoms with Crippen molar-refractivity contribution in [2.75, 3.05) is 27.4 Å². The van der Waals surface area contributed by atoms with Crippen molar-refractivity contribution in [2.24, 2.45) is 17.8 Å². The number of ether oxygens (including phenoxy) is 4. The zero-order chi connectivity index (χ0) is 27.1. The van der Waals surface area contributed by atoms with E-state index in [-0.39, 0.29) is 16.7 Å². The molecule has 6 rings (SSSR count). The summed E-state index contributed by atoms with van der Waals surface area (Å²) in [6, 6.07) is 5.03. The summed E-state index contributed by atoms with van der Waals surface area (Å²) in [7, 11) is 2.47. The largest absolute Gasteiger partial charge is 0.573 e. The quantitative estimate of drug-likeness (QED) is 0.430. The van der Waals surface area contributed by atoms with E-state index in [0.29, 0.717) is 18.7 Å². The van der Waals surface area contributed by atoms with Gasteiger partial charge in [0.05, 0.1) is 43.5 Å². The number of hydrogen-bond donors (Lipinski definition) is 0. The molecule has 0 atom stereocenters. The monoisotopic (exact) mass is 535 g/mol. The maximum atomic E-state index is 12.8. The molecule has 0 amide bonds. The molecular formula is C28H32F3NO6. The lowest BCUT2D eigenvalue weighted by molar-refractivity contribution is -0.274. The minimum absolute atomic E-state index is 0.0723. The SMILES string of the molecule is COC(=O)C1=CN(CCOC23CC4CC(CC(C4)C2)C3)C=C(C(=O)OC)C1c1ccc(OC(F)(F)F)cc1. The second kappa shape index (κ2) is 10.3. The standard InChI is InChI=1S/C28H32F3NO6/c1-35-25(33)22-15-32(7-8-37-27-12-17-9-18(13-27)11-19(10-17)14-27)16-23(26(34)36-2)24(22)20-3-5-21(6-4-20)38-28(29,30)31/h3-6,15-19,24H,7-14H2,1-2H3. The van der Waals surface area contributed by atoms with Gasteiger partial charge in [0.2, 0.25) is 0 Å². The summed E-state index contributed by atoms with van der Waals surface area (Å²) in [6.07, 6.45) is 5.62. The summed E-state index contributed by atoms with van der Waals surface area (Å²) in [5, 5.41) is 0. The first-order chi connectivity index (χ1) is 18.1. The zero-order valence-electron chi connectivity index (χ0n) is 21.5. The van der Waals surface area contributed by atoms with Crippen LogP contribution in [0.15, 0.2) is 47.8 Å². The predicted molar refractivity (Wildman–Crippen MR) is 130 cm³/mol. The van der Waals surface area contributed by atoms with E-state index in [4.69, 9.17) is 14.2 Å². The zero-order valence-corrected chi connectivity index (χ0v) is 21.5. The molecule has 4 aliphatic carbocycles. The van der Waals surface area contributed by atoms with E-state index in [1.165, 1.54) is 45.6 Å². The van der Waals surface area contributed by atoms with Crippen LogP contribution in [0.2, 0.25) is 0 Å². The van der Waals surface area contributed by atoms with E-state index in [1.54, 1.807) is 17.3 Å². The molecule has 4 bridgehead atoms. The van der Waals surface area contributed by atoms with Gasteiger partial charge in [0, 0.05) is 18.9 Å². The lowest BCUT2D eigenvalue weighted by Gasteiger charge is -2.56. The number of rotatable bonds is 8. The molecule has 0 radical (unpaired) electrons. The summed E-state index contributed by atoms with van der Waals surface area (Å²) >= 11 is 0. The van der Waals surface area contributed by atoms with Gasteiger partial charge in [-0.2, -0.15) is 0 Å². The Hall–Kier alpha value is -3.01. The fraction of sp³-hybridized carbons (Fsp3) is 0.571. The molecule has 206 valence electrons. The predicted octanol–water partition coefficient (Wildman–Crippen LogP) is 5.08. The van der Waals surface area contributed by atoms with Crippen molar-refractivity contribution in [3.05, 3.63) is 53.4 Å². The molecule has 5 aliphatic rings. The number of halogens is 3. The van der Waals surface area contributed by atoms with Crippen LogP contribution in [-0.4, -0.2) is 56.2 Å². The van der Waals surface area contributed by atoms with Gasteiger partial charge < -0.3 is 23.8 Å². The Labute approximate surface area is 219 Å². The summed E-state index contributed by atoms with van der Waals surface area (Å²) in [4.78, 5) is 27.3.